The molecule has 0 heterocycles. The van der Waals surface area contributed by atoms with E-state index in [1.807, 2.05) is 4.90 Å². The summed E-state index contributed by atoms with van der Waals surface area (Å²) in [4.78, 5) is 13.4. The molecule has 0 aliphatic carbocycles. The van der Waals surface area contributed by atoms with Crippen LogP contribution in [0.4, 0.5) is 0 Å². The Morgan fingerprint density at radius 3 is 1.75 bits per heavy atom. The van der Waals surface area contributed by atoms with E-state index >= 15 is 0 Å². The van der Waals surface area contributed by atoms with E-state index in [4.69, 9.17) is 5.73 Å². The lowest BCUT2D eigenvalue weighted by atomic mass is 10.2. The largest absolute Gasteiger partial charge is 0.342 e. The summed E-state index contributed by atoms with van der Waals surface area (Å²) in [5.74, 6) is 0.0993. The topological polar surface area (TPSA) is 46.3 Å². The minimum Gasteiger partial charge on any atom is -0.342 e. The Morgan fingerprint density at radius 1 is 1.00 bits per heavy atom. The van der Waals surface area contributed by atoms with Crippen LogP contribution in [0, 0.1) is 0 Å². The second-order valence-corrected chi connectivity index (χ2v) is 4.00. The van der Waals surface area contributed by atoms with Crippen LogP contribution in [-0.4, -0.2) is 30.4 Å². The summed E-state index contributed by atoms with van der Waals surface area (Å²) in [7, 11) is 0. The highest BCUT2D eigenvalue weighted by molar-refractivity contribution is 5.85. The van der Waals surface area contributed by atoms with Gasteiger partial charge in [0.05, 0.1) is 6.54 Å². The van der Waals surface area contributed by atoms with Crippen LogP contribution in [0.5, 0.6) is 0 Å². The lowest BCUT2D eigenvalue weighted by Crippen LogP contribution is -2.37. The van der Waals surface area contributed by atoms with Crippen LogP contribution in [0.25, 0.3) is 0 Å². The number of rotatable bonds is 9. The quantitative estimate of drug-likeness (QED) is 0.640. The summed E-state index contributed by atoms with van der Waals surface area (Å²) in [6, 6.07) is 0. The molecular weight excluding hydrogens is 224 g/mol. The highest BCUT2D eigenvalue weighted by Crippen LogP contribution is 2.02. The van der Waals surface area contributed by atoms with Crippen molar-refractivity contribution in [3.63, 3.8) is 0 Å². The predicted molar refractivity (Wildman–Crippen MR) is 71.9 cm³/mol. The summed E-state index contributed by atoms with van der Waals surface area (Å²) in [5.41, 5.74) is 5.39. The molecule has 3 nitrogen and oxygen atoms in total. The highest BCUT2D eigenvalue weighted by atomic mass is 35.5. The van der Waals surface area contributed by atoms with E-state index < -0.39 is 0 Å². The maximum absolute atomic E-state index is 11.5. The van der Waals surface area contributed by atoms with Gasteiger partial charge in [0, 0.05) is 13.1 Å². The molecule has 0 saturated heterocycles. The maximum atomic E-state index is 11.5. The number of unbranched alkanes of at least 4 members (excludes halogenated alkanes) is 4. The summed E-state index contributed by atoms with van der Waals surface area (Å²) in [5, 5.41) is 0. The summed E-state index contributed by atoms with van der Waals surface area (Å²) in [6.07, 6.45) is 6.99. The molecule has 1 amide bonds. The third kappa shape index (κ3) is 8.98. The monoisotopic (exact) mass is 250 g/mol. The van der Waals surface area contributed by atoms with Crippen molar-refractivity contribution in [1.29, 1.82) is 0 Å². The Balaban J connectivity index is 0. The third-order valence-corrected chi connectivity index (χ3v) is 2.59. The van der Waals surface area contributed by atoms with Crippen molar-refractivity contribution in [3.8, 4) is 0 Å². The smallest absolute Gasteiger partial charge is 0.236 e. The Kier molecular flexibility index (Phi) is 14.5. The fourth-order valence-electron chi connectivity index (χ4n) is 1.60. The van der Waals surface area contributed by atoms with E-state index in [2.05, 4.69) is 13.8 Å². The van der Waals surface area contributed by atoms with E-state index in [1.54, 1.807) is 0 Å². The van der Waals surface area contributed by atoms with Crippen LogP contribution >= 0.6 is 12.4 Å². The van der Waals surface area contributed by atoms with Gasteiger partial charge in [0.25, 0.3) is 0 Å². The molecule has 0 aliphatic heterocycles. The van der Waals surface area contributed by atoms with Crippen LogP contribution in [0.2, 0.25) is 0 Å². The molecule has 0 fully saturated rings. The first-order valence-electron chi connectivity index (χ1n) is 6.24. The van der Waals surface area contributed by atoms with Gasteiger partial charge in [-0.25, -0.2) is 0 Å². The minimum absolute atomic E-state index is 0. The molecule has 0 radical (unpaired) electrons. The molecule has 0 aromatic rings. The first kappa shape index (κ1) is 18.1. The SMILES string of the molecule is CCCCCN(CCCCC)C(=O)CN.Cl. The minimum atomic E-state index is 0. The molecule has 0 unspecified atom stereocenters. The van der Waals surface area contributed by atoms with Crippen molar-refractivity contribution in [2.75, 3.05) is 19.6 Å². The van der Waals surface area contributed by atoms with Crippen LogP contribution in [-0.2, 0) is 4.79 Å². The van der Waals surface area contributed by atoms with Gasteiger partial charge in [-0.05, 0) is 12.8 Å². The van der Waals surface area contributed by atoms with Crippen molar-refractivity contribution in [2.45, 2.75) is 52.4 Å². The van der Waals surface area contributed by atoms with Gasteiger partial charge in [0.1, 0.15) is 0 Å². The number of nitrogens with two attached hydrogens (primary N) is 1. The van der Waals surface area contributed by atoms with Gasteiger partial charge >= 0.3 is 0 Å². The van der Waals surface area contributed by atoms with Gasteiger partial charge < -0.3 is 10.6 Å². The number of nitrogens with zero attached hydrogens (tertiary/aromatic N) is 1. The zero-order valence-corrected chi connectivity index (χ0v) is 11.5. The molecule has 0 aliphatic rings. The molecule has 2 N–H and O–H groups in total. The fraction of sp³-hybridized carbons (Fsp3) is 0.917. The zero-order chi connectivity index (χ0) is 11.5. The lowest BCUT2D eigenvalue weighted by molar-refractivity contribution is -0.129. The van der Waals surface area contributed by atoms with E-state index in [0.29, 0.717) is 0 Å². The van der Waals surface area contributed by atoms with Gasteiger partial charge in [-0.2, -0.15) is 0 Å². The Hall–Kier alpha value is -0.280. The second kappa shape index (κ2) is 12.8. The molecule has 0 saturated carbocycles. The van der Waals surface area contributed by atoms with Crippen LogP contribution in [0.3, 0.4) is 0 Å². The van der Waals surface area contributed by atoms with Crippen LogP contribution < -0.4 is 5.73 Å². The molecule has 0 atom stereocenters. The predicted octanol–water partition coefficient (Wildman–Crippen LogP) is 2.58. The highest BCUT2D eigenvalue weighted by Gasteiger charge is 2.09. The molecule has 0 aromatic heterocycles. The lowest BCUT2D eigenvalue weighted by Gasteiger charge is -2.21. The number of hydrogen-bond acceptors (Lipinski definition) is 2. The molecule has 0 rings (SSSR count). The van der Waals surface area contributed by atoms with E-state index in [9.17, 15) is 4.79 Å². The first-order chi connectivity index (χ1) is 7.26. The van der Waals surface area contributed by atoms with Crippen LogP contribution in [0.15, 0.2) is 0 Å². The number of amides is 1. The molecule has 0 aromatic carbocycles. The first-order valence-corrected chi connectivity index (χ1v) is 6.24. The molecule has 16 heavy (non-hydrogen) atoms. The van der Waals surface area contributed by atoms with Gasteiger partial charge in [-0.1, -0.05) is 39.5 Å². The Bertz CT molecular complexity index is 155. The van der Waals surface area contributed by atoms with E-state index in [-0.39, 0.29) is 24.9 Å². The fourth-order valence-corrected chi connectivity index (χ4v) is 1.60. The molecule has 98 valence electrons. The van der Waals surface area contributed by atoms with Crippen molar-refractivity contribution in [2.24, 2.45) is 5.73 Å². The van der Waals surface area contributed by atoms with Gasteiger partial charge in [-0.15, -0.1) is 12.4 Å². The van der Waals surface area contributed by atoms with Crippen molar-refractivity contribution >= 4 is 18.3 Å². The molecular formula is C12H27ClN2O. The maximum Gasteiger partial charge on any atom is 0.236 e. The molecule has 4 heteroatoms. The summed E-state index contributed by atoms with van der Waals surface area (Å²) < 4.78 is 0. The number of carbonyl (C=O) groups excluding carboxylic acids is 1. The summed E-state index contributed by atoms with van der Waals surface area (Å²) >= 11 is 0. The summed E-state index contributed by atoms with van der Waals surface area (Å²) in [6.45, 7) is 6.26. The number of carbonyl (C=O) groups is 1. The second-order valence-electron chi connectivity index (χ2n) is 4.00. The van der Waals surface area contributed by atoms with Crippen molar-refractivity contribution < 1.29 is 4.79 Å². The Morgan fingerprint density at radius 2 is 1.44 bits per heavy atom. The van der Waals surface area contributed by atoms with E-state index in [0.717, 1.165) is 25.9 Å². The average Bonchev–Trinajstić information content (AvgIpc) is 2.26. The average molecular weight is 251 g/mol. The Labute approximate surface area is 106 Å². The van der Waals surface area contributed by atoms with Crippen molar-refractivity contribution in [1.82, 2.24) is 4.90 Å². The normalized spacial score (nSPS) is 9.69. The number of hydrogen-bond donors (Lipinski definition) is 1. The van der Waals surface area contributed by atoms with Gasteiger partial charge in [0.2, 0.25) is 5.91 Å². The molecule has 0 bridgehead atoms. The van der Waals surface area contributed by atoms with Crippen LogP contribution in [0.1, 0.15) is 52.4 Å². The van der Waals surface area contributed by atoms with E-state index in [1.165, 1.54) is 25.7 Å². The van der Waals surface area contributed by atoms with Gasteiger partial charge in [0.15, 0.2) is 0 Å². The number of halogens is 1. The standard InChI is InChI=1S/C12H26N2O.ClH/c1-3-5-7-9-14(12(15)11-13)10-8-6-4-2;/h3-11,13H2,1-2H3;1H. The zero-order valence-electron chi connectivity index (χ0n) is 10.7. The molecule has 0 spiro atoms. The van der Waals surface area contributed by atoms with Gasteiger partial charge in [-0.3, -0.25) is 4.79 Å². The third-order valence-electron chi connectivity index (χ3n) is 2.59. The van der Waals surface area contributed by atoms with Crippen molar-refractivity contribution in [3.05, 3.63) is 0 Å².